The summed E-state index contributed by atoms with van der Waals surface area (Å²) in [4.78, 5) is 33.2. The van der Waals surface area contributed by atoms with Crippen molar-refractivity contribution >= 4 is 11.8 Å². The van der Waals surface area contributed by atoms with Crippen LogP contribution in [0.5, 0.6) is 0 Å². The molecule has 1 aromatic heterocycles. The van der Waals surface area contributed by atoms with E-state index in [4.69, 9.17) is 4.74 Å². The molecule has 2 aromatic rings. The Hall–Kier alpha value is -2.73. The van der Waals surface area contributed by atoms with Crippen LogP contribution in [0.1, 0.15) is 31.0 Å². The SMILES string of the molecule is CC(C)N1C(=O)CO[C@H](C(=O)N(C)Cc2cccnc2)[C@H]1c1ccccc1. The highest BCUT2D eigenvalue weighted by molar-refractivity contribution is 5.86. The second-order valence-electron chi connectivity index (χ2n) is 7.04. The van der Waals surface area contributed by atoms with E-state index in [1.165, 1.54) is 0 Å². The molecule has 1 fully saturated rings. The van der Waals surface area contributed by atoms with Crippen LogP contribution in [0.15, 0.2) is 54.9 Å². The van der Waals surface area contributed by atoms with E-state index in [2.05, 4.69) is 4.98 Å². The van der Waals surface area contributed by atoms with Gasteiger partial charge in [0, 0.05) is 32.0 Å². The first-order valence-corrected chi connectivity index (χ1v) is 9.10. The lowest BCUT2D eigenvalue weighted by molar-refractivity contribution is -0.171. The summed E-state index contributed by atoms with van der Waals surface area (Å²) in [5, 5.41) is 0. The van der Waals surface area contributed by atoms with Crippen LogP contribution in [-0.4, -0.2) is 52.4 Å². The smallest absolute Gasteiger partial charge is 0.254 e. The van der Waals surface area contributed by atoms with Crippen molar-refractivity contribution in [1.29, 1.82) is 0 Å². The number of carbonyl (C=O) groups is 2. The Morgan fingerprint density at radius 2 is 2.00 bits per heavy atom. The maximum absolute atomic E-state index is 13.2. The lowest BCUT2D eigenvalue weighted by atomic mass is 9.95. The Morgan fingerprint density at radius 1 is 1.26 bits per heavy atom. The molecule has 1 saturated heterocycles. The fourth-order valence-electron chi connectivity index (χ4n) is 3.49. The van der Waals surface area contributed by atoms with Gasteiger partial charge in [0.15, 0.2) is 6.10 Å². The van der Waals surface area contributed by atoms with Crippen molar-refractivity contribution < 1.29 is 14.3 Å². The van der Waals surface area contributed by atoms with E-state index in [1.54, 1.807) is 29.2 Å². The summed E-state index contributed by atoms with van der Waals surface area (Å²) in [5.74, 6) is -0.247. The van der Waals surface area contributed by atoms with E-state index >= 15 is 0 Å². The first-order chi connectivity index (χ1) is 13.0. The molecule has 6 heteroatoms. The molecule has 0 spiro atoms. The highest BCUT2D eigenvalue weighted by atomic mass is 16.5. The van der Waals surface area contributed by atoms with Gasteiger partial charge in [-0.3, -0.25) is 14.6 Å². The summed E-state index contributed by atoms with van der Waals surface area (Å²) in [5.41, 5.74) is 1.84. The number of amides is 2. The van der Waals surface area contributed by atoms with E-state index in [-0.39, 0.29) is 24.5 Å². The third-order valence-corrected chi connectivity index (χ3v) is 4.72. The Kier molecular flexibility index (Phi) is 5.86. The average molecular weight is 367 g/mol. The number of morpholine rings is 1. The summed E-state index contributed by atoms with van der Waals surface area (Å²) in [6, 6.07) is 12.9. The molecule has 27 heavy (non-hydrogen) atoms. The Labute approximate surface area is 159 Å². The standard InChI is InChI=1S/C21H25N3O3/c1-15(2)24-18(25)14-27-20(19(24)17-9-5-4-6-10-17)21(26)23(3)13-16-8-7-11-22-12-16/h4-12,15,19-20H,13-14H2,1-3H3/t19-,20+/m1/s1. The molecule has 0 aliphatic carbocycles. The fourth-order valence-corrected chi connectivity index (χ4v) is 3.49. The van der Waals surface area contributed by atoms with Crippen molar-refractivity contribution in [3.63, 3.8) is 0 Å². The van der Waals surface area contributed by atoms with Gasteiger partial charge in [0.1, 0.15) is 6.61 Å². The van der Waals surface area contributed by atoms with Gasteiger partial charge < -0.3 is 14.5 Å². The van der Waals surface area contributed by atoms with Crippen LogP contribution in [0.3, 0.4) is 0 Å². The van der Waals surface area contributed by atoms with Crippen LogP contribution in [0, 0.1) is 0 Å². The van der Waals surface area contributed by atoms with Gasteiger partial charge in [0.05, 0.1) is 6.04 Å². The van der Waals surface area contributed by atoms with Gasteiger partial charge in [-0.25, -0.2) is 0 Å². The number of hydrogen-bond acceptors (Lipinski definition) is 4. The molecule has 0 saturated carbocycles. The average Bonchev–Trinajstić information content (AvgIpc) is 2.68. The van der Waals surface area contributed by atoms with E-state index < -0.39 is 12.1 Å². The quantitative estimate of drug-likeness (QED) is 0.814. The van der Waals surface area contributed by atoms with E-state index in [0.29, 0.717) is 6.54 Å². The van der Waals surface area contributed by atoms with E-state index in [9.17, 15) is 9.59 Å². The van der Waals surface area contributed by atoms with Gasteiger partial charge in [-0.05, 0) is 31.0 Å². The zero-order valence-electron chi connectivity index (χ0n) is 15.9. The van der Waals surface area contributed by atoms with Crippen LogP contribution in [0.2, 0.25) is 0 Å². The number of nitrogens with zero attached hydrogens (tertiary/aromatic N) is 3. The predicted octanol–water partition coefficient (Wildman–Crippen LogP) is 2.42. The molecule has 2 atom stereocenters. The molecular formula is C21H25N3O3. The number of benzene rings is 1. The van der Waals surface area contributed by atoms with E-state index in [0.717, 1.165) is 11.1 Å². The number of rotatable bonds is 5. The first-order valence-electron chi connectivity index (χ1n) is 9.10. The van der Waals surface area contributed by atoms with Crippen molar-refractivity contribution in [2.75, 3.05) is 13.7 Å². The molecular weight excluding hydrogens is 342 g/mol. The number of pyridine rings is 1. The molecule has 0 bridgehead atoms. The normalized spacial score (nSPS) is 20.0. The molecule has 6 nitrogen and oxygen atoms in total. The first kappa shape index (κ1) is 19.0. The van der Waals surface area contributed by atoms with Gasteiger partial charge in [-0.1, -0.05) is 36.4 Å². The van der Waals surface area contributed by atoms with Gasteiger partial charge in [0.25, 0.3) is 5.91 Å². The largest absolute Gasteiger partial charge is 0.356 e. The van der Waals surface area contributed by atoms with Crippen molar-refractivity contribution in [1.82, 2.24) is 14.8 Å². The van der Waals surface area contributed by atoms with Crippen molar-refractivity contribution in [2.45, 2.75) is 38.6 Å². The zero-order valence-corrected chi connectivity index (χ0v) is 15.9. The number of likely N-dealkylation sites (N-methyl/N-ethyl adjacent to an activating group) is 1. The summed E-state index contributed by atoms with van der Waals surface area (Å²) < 4.78 is 5.76. The third kappa shape index (κ3) is 4.17. The number of carbonyl (C=O) groups excluding carboxylic acids is 2. The second kappa shape index (κ2) is 8.31. The summed E-state index contributed by atoms with van der Waals surface area (Å²) in [6.45, 7) is 4.27. The van der Waals surface area contributed by atoms with E-state index in [1.807, 2.05) is 56.3 Å². The molecule has 0 unspecified atom stereocenters. The molecule has 3 rings (SSSR count). The lowest BCUT2D eigenvalue weighted by Crippen LogP contribution is -2.56. The van der Waals surface area contributed by atoms with Crippen molar-refractivity contribution in [3.05, 3.63) is 66.0 Å². The third-order valence-electron chi connectivity index (χ3n) is 4.72. The van der Waals surface area contributed by atoms with Gasteiger partial charge in [0.2, 0.25) is 5.91 Å². The number of hydrogen-bond donors (Lipinski definition) is 0. The summed E-state index contributed by atoms with van der Waals surface area (Å²) >= 11 is 0. The molecule has 1 aliphatic heterocycles. The summed E-state index contributed by atoms with van der Waals surface area (Å²) in [7, 11) is 1.75. The molecule has 1 aliphatic rings. The van der Waals surface area contributed by atoms with Gasteiger partial charge >= 0.3 is 0 Å². The summed E-state index contributed by atoms with van der Waals surface area (Å²) in [6.07, 6.45) is 2.70. The fraction of sp³-hybridized carbons (Fsp3) is 0.381. The van der Waals surface area contributed by atoms with Crippen LogP contribution >= 0.6 is 0 Å². The maximum atomic E-state index is 13.2. The minimum Gasteiger partial charge on any atom is -0.356 e. The molecule has 0 N–H and O–H groups in total. The molecule has 1 aromatic carbocycles. The monoisotopic (exact) mass is 367 g/mol. The lowest BCUT2D eigenvalue weighted by Gasteiger charge is -2.43. The Bertz CT molecular complexity index is 780. The van der Waals surface area contributed by atoms with Crippen molar-refractivity contribution in [2.24, 2.45) is 0 Å². The highest BCUT2D eigenvalue weighted by Gasteiger charge is 2.43. The molecule has 0 radical (unpaired) electrons. The van der Waals surface area contributed by atoms with Crippen LogP contribution < -0.4 is 0 Å². The molecule has 142 valence electrons. The van der Waals surface area contributed by atoms with Gasteiger partial charge in [-0.15, -0.1) is 0 Å². The zero-order chi connectivity index (χ0) is 19.4. The Morgan fingerprint density at radius 3 is 2.63 bits per heavy atom. The van der Waals surface area contributed by atoms with Gasteiger partial charge in [-0.2, -0.15) is 0 Å². The molecule has 2 heterocycles. The second-order valence-corrected chi connectivity index (χ2v) is 7.04. The maximum Gasteiger partial charge on any atom is 0.254 e. The van der Waals surface area contributed by atoms with Crippen LogP contribution in [0.25, 0.3) is 0 Å². The topological polar surface area (TPSA) is 62.7 Å². The van der Waals surface area contributed by atoms with Crippen LogP contribution in [-0.2, 0) is 20.9 Å². The molecule has 2 amide bonds. The highest BCUT2D eigenvalue weighted by Crippen LogP contribution is 2.33. The van der Waals surface area contributed by atoms with Crippen LogP contribution in [0.4, 0.5) is 0 Å². The predicted molar refractivity (Wildman–Crippen MR) is 102 cm³/mol. The number of ether oxygens (including phenoxy) is 1. The minimum atomic E-state index is -0.742. The minimum absolute atomic E-state index is 0.0365. The van der Waals surface area contributed by atoms with Crippen molar-refractivity contribution in [3.8, 4) is 0 Å². The Balaban J connectivity index is 1.89. The number of aromatic nitrogens is 1.